The van der Waals surface area contributed by atoms with Crippen LogP contribution in [-0.4, -0.2) is 67.5 Å². The van der Waals surface area contributed by atoms with Gasteiger partial charge in [-0.3, -0.25) is 14.4 Å². The molecule has 8 heteroatoms. The van der Waals surface area contributed by atoms with Crippen LogP contribution in [0.1, 0.15) is 87.0 Å². The Hall–Kier alpha value is -1.61. The van der Waals surface area contributed by atoms with Gasteiger partial charge in [0, 0.05) is 23.8 Å². The summed E-state index contributed by atoms with van der Waals surface area (Å²) in [6.07, 6.45) is -1.84. The van der Waals surface area contributed by atoms with E-state index in [2.05, 4.69) is 6.92 Å². The van der Waals surface area contributed by atoms with Crippen LogP contribution in [0.2, 0.25) is 0 Å². The van der Waals surface area contributed by atoms with Crippen molar-refractivity contribution in [1.82, 2.24) is 0 Å². The maximum Gasteiger partial charge on any atom is 0.309 e. The molecule has 11 atom stereocenters. The van der Waals surface area contributed by atoms with E-state index in [1.807, 2.05) is 34.6 Å². The third-order valence-corrected chi connectivity index (χ3v) is 12.0. The van der Waals surface area contributed by atoms with Crippen LogP contribution in [0.3, 0.4) is 0 Å². The number of aliphatic hydroxyl groups excluding tert-OH is 4. The fourth-order valence-corrected chi connectivity index (χ4v) is 9.37. The Labute approximate surface area is 225 Å². The number of carbonyl (C=O) groups excluding carboxylic acids is 2. The second-order valence-corrected chi connectivity index (χ2v) is 14.2. The summed E-state index contributed by atoms with van der Waals surface area (Å²) < 4.78 is 0. The molecule has 38 heavy (non-hydrogen) atoms. The predicted molar refractivity (Wildman–Crippen MR) is 140 cm³/mol. The summed E-state index contributed by atoms with van der Waals surface area (Å²) >= 11 is 0. The largest absolute Gasteiger partial charge is 0.481 e. The lowest BCUT2D eigenvalue weighted by Crippen LogP contribution is -2.61. The summed E-state index contributed by atoms with van der Waals surface area (Å²) in [7, 11) is 0. The number of aliphatic hydroxyl groups is 4. The number of rotatable bonds is 6. The molecule has 5 N–H and O–H groups in total. The quantitative estimate of drug-likeness (QED) is 0.349. The van der Waals surface area contributed by atoms with Crippen molar-refractivity contribution in [3.63, 3.8) is 0 Å². The minimum atomic E-state index is -1.62. The molecule has 214 valence electrons. The van der Waals surface area contributed by atoms with Crippen molar-refractivity contribution >= 4 is 17.5 Å². The molecule has 4 rings (SSSR count). The van der Waals surface area contributed by atoms with Crippen LogP contribution >= 0.6 is 0 Å². The van der Waals surface area contributed by atoms with Gasteiger partial charge in [-0.15, -0.1) is 0 Å². The number of allylic oxidation sites excluding steroid dienone is 1. The van der Waals surface area contributed by atoms with Gasteiger partial charge in [-0.1, -0.05) is 41.5 Å². The number of ketones is 2. The monoisotopic (exact) mass is 534 g/mol. The van der Waals surface area contributed by atoms with Crippen LogP contribution in [-0.2, 0) is 14.4 Å². The summed E-state index contributed by atoms with van der Waals surface area (Å²) in [6.45, 7) is 13.2. The number of Topliss-reactive ketones (excluding diaryl/α,β-unsaturated/α-hetero) is 2. The molecular formula is C30H46O8. The minimum absolute atomic E-state index is 0.0319. The van der Waals surface area contributed by atoms with Crippen molar-refractivity contribution < 1.29 is 39.9 Å². The highest BCUT2D eigenvalue weighted by molar-refractivity contribution is 6.00. The van der Waals surface area contributed by atoms with Crippen molar-refractivity contribution in [2.45, 2.75) is 111 Å². The van der Waals surface area contributed by atoms with E-state index in [0.29, 0.717) is 36.8 Å². The fourth-order valence-electron chi connectivity index (χ4n) is 9.37. The highest BCUT2D eigenvalue weighted by Crippen LogP contribution is 2.71. The van der Waals surface area contributed by atoms with E-state index >= 15 is 0 Å². The fraction of sp³-hybridized carbons (Fsp3) is 0.833. The molecule has 4 aliphatic rings. The molecule has 2 fully saturated rings. The minimum Gasteiger partial charge on any atom is -0.481 e. The second-order valence-electron chi connectivity index (χ2n) is 14.2. The molecule has 2 saturated carbocycles. The zero-order valence-electron chi connectivity index (χ0n) is 23.8. The van der Waals surface area contributed by atoms with Gasteiger partial charge in [0.25, 0.3) is 0 Å². The molecular weight excluding hydrogens is 488 g/mol. The summed E-state index contributed by atoms with van der Waals surface area (Å²) in [5.41, 5.74) is -1.35. The van der Waals surface area contributed by atoms with E-state index in [4.69, 9.17) is 0 Å². The first-order valence-electron chi connectivity index (χ1n) is 14.1. The lowest BCUT2D eigenvalue weighted by atomic mass is 9.42. The number of aliphatic carboxylic acids is 1. The normalized spacial score (nSPS) is 44.5. The second kappa shape index (κ2) is 9.22. The highest BCUT2D eigenvalue weighted by atomic mass is 16.4. The van der Waals surface area contributed by atoms with Gasteiger partial charge in [0.15, 0.2) is 11.6 Å². The molecule has 0 aromatic carbocycles. The number of carboxylic acid groups (broad SMARTS) is 1. The van der Waals surface area contributed by atoms with Crippen LogP contribution < -0.4 is 0 Å². The van der Waals surface area contributed by atoms with Crippen molar-refractivity contribution in [2.24, 2.45) is 45.3 Å². The molecule has 0 aromatic rings. The van der Waals surface area contributed by atoms with Gasteiger partial charge in [-0.2, -0.15) is 0 Å². The molecule has 11 unspecified atom stereocenters. The number of fused-ring (bicyclic) bond motifs is 4. The van der Waals surface area contributed by atoms with Crippen LogP contribution in [0.15, 0.2) is 11.1 Å². The zero-order chi connectivity index (χ0) is 28.7. The molecule has 0 heterocycles. The van der Waals surface area contributed by atoms with Gasteiger partial charge >= 0.3 is 5.97 Å². The standard InChI is InChI=1S/C30H46O8/c1-14(10-18(32)25(36)15(2)26(37)38)16-11-22(35)30(7)24-17(31)12-20-27(3,4)21(34)8-9-28(20,5)23(24)19(33)13-29(16,30)6/h14-17,20-22,25,31,34-36H,8-13H2,1-7H3,(H,37,38). The summed E-state index contributed by atoms with van der Waals surface area (Å²) in [6, 6.07) is 0. The van der Waals surface area contributed by atoms with E-state index < -0.39 is 63.7 Å². The third kappa shape index (κ3) is 3.80. The molecule has 4 aliphatic carbocycles. The average molecular weight is 535 g/mol. The Morgan fingerprint density at radius 2 is 1.61 bits per heavy atom. The first-order chi connectivity index (χ1) is 17.4. The number of hydrogen-bond acceptors (Lipinski definition) is 7. The SMILES string of the molecule is CC(CC(=O)C(O)C(C)C(=O)O)C1CC(O)C2(C)C3=C(C(=O)CC12C)C1(C)CCC(O)C(C)(C)C1CC3O. The van der Waals surface area contributed by atoms with Crippen molar-refractivity contribution in [2.75, 3.05) is 0 Å². The molecule has 0 radical (unpaired) electrons. The first-order valence-corrected chi connectivity index (χ1v) is 14.1. The van der Waals surface area contributed by atoms with Crippen LogP contribution in [0.4, 0.5) is 0 Å². The number of carboxylic acids is 1. The van der Waals surface area contributed by atoms with E-state index in [-0.39, 0.29) is 36.4 Å². The predicted octanol–water partition coefficient (Wildman–Crippen LogP) is 2.89. The Morgan fingerprint density at radius 3 is 2.18 bits per heavy atom. The van der Waals surface area contributed by atoms with Crippen LogP contribution in [0.5, 0.6) is 0 Å². The van der Waals surface area contributed by atoms with Crippen molar-refractivity contribution in [3.05, 3.63) is 11.1 Å². The van der Waals surface area contributed by atoms with E-state index in [1.54, 1.807) is 0 Å². The van der Waals surface area contributed by atoms with E-state index in [9.17, 15) is 39.9 Å². The van der Waals surface area contributed by atoms with Crippen molar-refractivity contribution in [1.29, 1.82) is 0 Å². The van der Waals surface area contributed by atoms with Gasteiger partial charge in [0.05, 0.1) is 24.2 Å². The van der Waals surface area contributed by atoms with Gasteiger partial charge in [0.2, 0.25) is 0 Å². The lowest BCUT2D eigenvalue weighted by molar-refractivity contribution is -0.150. The zero-order valence-corrected chi connectivity index (χ0v) is 23.8. The summed E-state index contributed by atoms with van der Waals surface area (Å²) in [4.78, 5) is 38.2. The Kier molecular flexibility index (Phi) is 7.12. The molecule has 0 aliphatic heterocycles. The average Bonchev–Trinajstić information content (AvgIpc) is 3.03. The maximum atomic E-state index is 14.1. The molecule has 0 aromatic heterocycles. The molecule has 0 saturated heterocycles. The van der Waals surface area contributed by atoms with Gasteiger partial charge in [-0.05, 0) is 72.2 Å². The molecule has 0 spiro atoms. The third-order valence-electron chi connectivity index (χ3n) is 12.0. The maximum absolute atomic E-state index is 14.1. The van der Waals surface area contributed by atoms with Crippen molar-refractivity contribution in [3.8, 4) is 0 Å². The van der Waals surface area contributed by atoms with Crippen LogP contribution in [0, 0.1) is 45.3 Å². The Morgan fingerprint density at radius 1 is 1.00 bits per heavy atom. The molecule has 8 nitrogen and oxygen atoms in total. The van der Waals surface area contributed by atoms with Gasteiger partial charge < -0.3 is 25.5 Å². The van der Waals surface area contributed by atoms with Gasteiger partial charge in [-0.25, -0.2) is 0 Å². The summed E-state index contributed by atoms with van der Waals surface area (Å²) in [5.74, 6) is -3.72. The Bertz CT molecular complexity index is 1060. The lowest BCUT2D eigenvalue weighted by Gasteiger charge is -2.62. The summed E-state index contributed by atoms with van der Waals surface area (Å²) in [5, 5.41) is 53.6. The number of hydrogen-bond donors (Lipinski definition) is 5. The van der Waals surface area contributed by atoms with Gasteiger partial charge in [0.1, 0.15) is 6.10 Å². The van der Waals surface area contributed by atoms with E-state index in [1.165, 1.54) is 6.92 Å². The molecule has 0 bridgehead atoms. The smallest absolute Gasteiger partial charge is 0.309 e. The highest BCUT2D eigenvalue weighted by Gasteiger charge is 2.70. The Balaban J connectivity index is 1.74. The number of carbonyl (C=O) groups is 3. The van der Waals surface area contributed by atoms with Crippen LogP contribution in [0.25, 0.3) is 0 Å². The van der Waals surface area contributed by atoms with E-state index in [0.717, 1.165) is 0 Å². The molecule has 0 amide bonds. The topological polar surface area (TPSA) is 152 Å². The first kappa shape index (κ1) is 29.4.